The van der Waals surface area contributed by atoms with Crippen molar-refractivity contribution in [1.29, 1.82) is 5.26 Å². The molecule has 0 heterocycles. The minimum absolute atomic E-state index is 0.739. The van der Waals surface area contributed by atoms with Crippen molar-refractivity contribution in [2.75, 3.05) is 0 Å². The summed E-state index contributed by atoms with van der Waals surface area (Å²) in [6, 6.07) is 6.00. The first-order valence-corrected chi connectivity index (χ1v) is 4.30. The molecule has 0 unspecified atom stereocenters. The molecule has 1 heteroatoms. The van der Waals surface area contributed by atoms with Crippen LogP contribution in [0.3, 0.4) is 0 Å². The van der Waals surface area contributed by atoms with Gasteiger partial charge in [-0.25, -0.2) is 0 Å². The van der Waals surface area contributed by atoms with Crippen LogP contribution in [-0.2, 0) is 6.42 Å². The normalized spacial score (nSPS) is 9.31. The van der Waals surface area contributed by atoms with Crippen molar-refractivity contribution in [3.8, 4) is 6.07 Å². The van der Waals surface area contributed by atoms with Crippen molar-refractivity contribution in [3.63, 3.8) is 0 Å². The van der Waals surface area contributed by atoms with Crippen LogP contribution in [-0.4, -0.2) is 0 Å². The first kappa shape index (κ1) is 9.54. The molecule has 0 radical (unpaired) electrons. The van der Waals surface area contributed by atoms with Crippen molar-refractivity contribution in [2.45, 2.75) is 20.3 Å². The fraction of sp³-hybridized carbons (Fsp3) is 0.250. The zero-order valence-corrected chi connectivity index (χ0v) is 8.09. The van der Waals surface area contributed by atoms with Crippen LogP contribution in [0.25, 0.3) is 0 Å². The molecule has 0 fully saturated rings. The van der Waals surface area contributed by atoms with Crippen LogP contribution in [0.4, 0.5) is 0 Å². The molecular formula is C12H13N. The summed E-state index contributed by atoms with van der Waals surface area (Å²) in [7, 11) is 0. The largest absolute Gasteiger partial charge is 0.192 e. The fourth-order valence-corrected chi connectivity index (χ4v) is 1.52. The number of hydrogen-bond donors (Lipinski definition) is 0. The SMILES string of the molecule is C=CCc1c(C)cc(C#N)cc1C. The molecule has 0 saturated carbocycles. The smallest absolute Gasteiger partial charge is 0.0991 e. The quantitative estimate of drug-likeness (QED) is 0.628. The van der Waals surface area contributed by atoms with Crippen LogP contribution < -0.4 is 0 Å². The Hall–Kier alpha value is -1.55. The summed E-state index contributed by atoms with van der Waals surface area (Å²) < 4.78 is 0. The second kappa shape index (κ2) is 3.91. The zero-order chi connectivity index (χ0) is 9.84. The number of aryl methyl sites for hydroxylation is 2. The molecule has 1 aromatic rings. The van der Waals surface area contributed by atoms with E-state index >= 15 is 0 Å². The fourth-order valence-electron chi connectivity index (χ4n) is 1.52. The summed E-state index contributed by atoms with van der Waals surface area (Å²) in [5.41, 5.74) is 4.38. The molecule has 13 heavy (non-hydrogen) atoms. The van der Waals surface area contributed by atoms with Crippen LogP contribution in [0.5, 0.6) is 0 Å². The molecule has 0 bridgehead atoms. The van der Waals surface area contributed by atoms with Gasteiger partial charge in [0, 0.05) is 0 Å². The van der Waals surface area contributed by atoms with Gasteiger partial charge >= 0.3 is 0 Å². The second-order valence-electron chi connectivity index (χ2n) is 3.19. The van der Waals surface area contributed by atoms with Gasteiger partial charge in [-0.1, -0.05) is 6.08 Å². The van der Waals surface area contributed by atoms with E-state index in [-0.39, 0.29) is 0 Å². The lowest BCUT2D eigenvalue weighted by Crippen LogP contribution is -1.93. The van der Waals surface area contributed by atoms with Gasteiger partial charge in [0.25, 0.3) is 0 Å². The number of nitrogens with zero attached hydrogens (tertiary/aromatic N) is 1. The van der Waals surface area contributed by atoms with Crippen LogP contribution in [0.1, 0.15) is 22.3 Å². The summed E-state index contributed by atoms with van der Waals surface area (Å²) in [5.74, 6) is 0. The minimum atomic E-state index is 0.739. The van der Waals surface area contributed by atoms with Gasteiger partial charge in [0.1, 0.15) is 0 Å². The molecule has 0 amide bonds. The Morgan fingerprint density at radius 2 is 1.92 bits per heavy atom. The molecular weight excluding hydrogens is 158 g/mol. The van der Waals surface area contributed by atoms with E-state index in [1.54, 1.807) is 0 Å². The highest BCUT2D eigenvalue weighted by atomic mass is 14.2. The van der Waals surface area contributed by atoms with E-state index in [9.17, 15) is 0 Å². The predicted octanol–water partition coefficient (Wildman–Crippen LogP) is 2.90. The van der Waals surface area contributed by atoms with Gasteiger partial charge in [-0.2, -0.15) is 5.26 Å². The molecule has 1 nitrogen and oxygen atoms in total. The van der Waals surface area contributed by atoms with Crippen molar-refractivity contribution in [1.82, 2.24) is 0 Å². The number of allylic oxidation sites excluding steroid dienone is 1. The Bertz CT molecular complexity index is 346. The Balaban J connectivity index is 3.24. The third-order valence-electron chi connectivity index (χ3n) is 2.17. The molecule has 0 aliphatic rings. The molecule has 0 atom stereocenters. The highest BCUT2D eigenvalue weighted by molar-refractivity contribution is 5.43. The van der Waals surface area contributed by atoms with Gasteiger partial charge in [0.15, 0.2) is 0 Å². The summed E-state index contributed by atoms with van der Waals surface area (Å²) in [4.78, 5) is 0. The number of nitriles is 1. The lowest BCUT2D eigenvalue weighted by Gasteiger charge is -2.07. The van der Waals surface area contributed by atoms with E-state index in [0.717, 1.165) is 12.0 Å². The van der Waals surface area contributed by atoms with Gasteiger partial charge in [0.2, 0.25) is 0 Å². The zero-order valence-electron chi connectivity index (χ0n) is 8.09. The number of benzene rings is 1. The standard InChI is InChI=1S/C12H13N/c1-4-5-12-9(2)6-11(8-13)7-10(12)3/h4,6-7H,1,5H2,2-3H3. The average Bonchev–Trinajstić information content (AvgIpc) is 2.11. The summed E-state index contributed by atoms with van der Waals surface area (Å²) in [6.45, 7) is 7.78. The number of rotatable bonds is 2. The number of hydrogen-bond acceptors (Lipinski definition) is 1. The summed E-state index contributed by atoms with van der Waals surface area (Å²) >= 11 is 0. The van der Waals surface area contributed by atoms with Crippen molar-refractivity contribution in [2.24, 2.45) is 0 Å². The van der Waals surface area contributed by atoms with Gasteiger partial charge in [-0.3, -0.25) is 0 Å². The molecule has 66 valence electrons. The lowest BCUT2D eigenvalue weighted by molar-refractivity contribution is 1.16. The average molecular weight is 171 g/mol. The van der Waals surface area contributed by atoms with E-state index in [1.807, 2.05) is 32.1 Å². The van der Waals surface area contributed by atoms with E-state index in [2.05, 4.69) is 12.6 Å². The Morgan fingerprint density at radius 1 is 1.38 bits per heavy atom. The predicted molar refractivity (Wildman–Crippen MR) is 54.5 cm³/mol. The van der Waals surface area contributed by atoms with Gasteiger partial charge < -0.3 is 0 Å². The molecule has 0 aromatic heterocycles. The molecule has 0 spiro atoms. The monoisotopic (exact) mass is 171 g/mol. The second-order valence-corrected chi connectivity index (χ2v) is 3.19. The van der Waals surface area contributed by atoms with E-state index in [0.29, 0.717) is 0 Å². The van der Waals surface area contributed by atoms with Gasteiger partial charge in [-0.15, -0.1) is 6.58 Å². The Labute approximate surface area is 79.3 Å². The Kier molecular flexibility index (Phi) is 2.87. The first-order chi connectivity index (χ1) is 6.19. The Morgan fingerprint density at radius 3 is 2.31 bits per heavy atom. The van der Waals surface area contributed by atoms with E-state index < -0.39 is 0 Å². The topological polar surface area (TPSA) is 23.8 Å². The molecule has 0 N–H and O–H groups in total. The third-order valence-corrected chi connectivity index (χ3v) is 2.17. The molecule has 1 rings (SSSR count). The molecule has 0 aliphatic carbocycles. The van der Waals surface area contributed by atoms with E-state index in [1.165, 1.54) is 16.7 Å². The first-order valence-electron chi connectivity index (χ1n) is 4.30. The van der Waals surface area contributed by atoms with Crippen LogP contribution in [0, 0.1) is 25.2 Å². The van der Waals surface area contributed by atoms with Crippen LogP contribution in [0.15, 0.2) is 24.8 Å². The maximum Gasteiger partial charge on any atom is 0.0991 e. The van der Waals surface area contributed by atoms with Gasteiger partial charge in [-0.05, 0) is 49.1 Å². The van der Waals surface area contributed by atoms with Crippen LogP contribution >= 0.6 is 0 Å². The molecule has 0 aliphatic heterocycles. The van der Waals surface area contributed by atoms with E-state index in [4.69, 9.17) is 5.26 Å². The van der Waals surface area contributed by atoms with Crippen molar-refractivity contribution in [3.05, 3.63) is 47.0 Å². The molecule has 1 aromatic carbocycles. The maximum absolute atomic E-state index is 8.74. The van der Waals surface area contributed by atoms with Crippen LogP contribution in [0.2, 0.25) is 0 Å². The lowest BCUT2D eigenvalue weighted by atomic mass is 9.97. The van der Waals surface area contributed by atoms with Crippen molar-refractivity contribution < 1.29 is 0 Å². The van der Waals surface area contributed by atoms with Gasteiger partial charge in [0.05, 0.1) is 11.6 Å². The highest BCUT2D eigenvalue weighted by Crippen LogP contribution is 2.16. The van der Waals surface area contributed by atoms with Crippen molar-refractivity contribution >= 4 is 0 Å². The maximum atomic E-state index is 8.74. The highest BCUT2D eigenvalue weighted by Gasteiger charge is 2.02. The summed E-state index contributed by atoms with van der Waals surface area (Å²) in [5, 5.41) is 8.74. The molecule has 0 saturated heterocycles. The third kappa shape index (κ3) is 1.97. The summed E-state index contributed by atoms with van der Waals surface area (Å²) in [6.07, 6.45) is 2.77. The minimum Gasteiger partial charge on any atom is -0.192 e.